The summed E-state index contributed by atoms with van der Waals surface area (Å²) in [6.07, 6.45) is -1.02. The number of hydrogen-bond donors (Lipinski definition) is 1. The van der Waals surface area contributed by atoms with Crippen molar-refractivity contribution in [1.82, 2.24) is 9.80 Å². The zero-order chi connectivity index (χ0) is 14.0. The van der Waals surface area contributed by atoms with Gasteiger partial charge < -0.3 is 10.6 Å². The molecule has 0 aromatic rings. The standard InChI is InChI=1S/C13H20F3N3/c1-18-4-6-19(7-5-18)9-10-2-3-11(17)8-12(10)13(14,15)16/h2,8,11H,3-7,9,17H2,1H3. The first-order valence-corrected chi connectivity index (χ1v) is 6.51. The van der Waals surface area contributed by atoms with E-state index in [1.165, 1.54) is 0 Å². The molecule has 0 aromatic heterocycles. The van der Waals surface area contributed by atoms with Crippen molar-refractivity contribution in [2.75, 3.05) is 39.8 Å². The van der Waals surface area contributed by atoms with E-state index in [1.54, 1.807) is 6.08 Å². The SMILES string of the molecule is CN1CCN(CC2=CCC(N)C=C2C(F)(F)F)CC1. The Hall–Kier alpha value is -0.850. The van der Waals surface area contributed by atoms with Crippen LogP contribution in [0.4, 0.5) is 13.2 Å². The monoisotopic (exact) mass is 275 g/mol. The molecule has 0 saturated carbocycles. The number of nitrogens with zero attached hydrogens (tertiary/aromatic N) is 2. The van der Waals surface area contributed by atoms with Crippen molar-refractivity contribution in [3.8, 4) is 0 Å². The molecular formula is C13H20F3N3. The van der Waals surface area contributed by atoms with Gasteiger partial charge in [0, 0.05) is 38.8 Å². The molecule has 0 amide bonds. The van der Waals surface area contributed by atoms with Crippen LogP contribution in [0.15, 0.2) is 23.3 Å². The van der Waals surface area contributed by atoms with E-state index in [0.29, 0.717) is 18.5 Å². The van der Waals surface area contributed by atoms with Crippen LogP contribution in [-0.4, -0.2) is 61.8 Å². The molecule has 2 rings (SSSR count). The molecule has 0 spiro atoms. The summed E-state index contributed by atoms with van der Waals surface area (Å²) in [6.45, 7) is 3.79. The highest BCUT2D eigenvalue weighted by Crippen LogP contribution is 2.34. The zero-order valence-corrected chi connectivity index (χ0v) is 11.1. The van der Waals surface area contributed by atoms with E-state index < -0.39 is 17.8 Å². The van der Waals surface area contributed by atoms with E-state index in [0.717, 1.165) is 32.3 Å². The van der Waals surface area contributed by atoms with Crippen LogP contribution in [-0.2, 0) is 0 Å². The number of alkyl halides is 3. The molecule has 1 fully saturated rings. The largest absolute Gasteiger partial charge is 0.416 e. The lowest BCUT2D eigenvalue weighted by Crippen LogP contribution is -2.45. The van der Waals surface area contributed by atoms with Crippen LogP contribution in [0.3, 0.4) is 0 Å². The van der Waals surface area contributed by atoms with Crippen molar-refractivity contribution >= 4 is 0 Å². The number of likely N-dealkylation sites (N-methyl/N-ethyl adjacent to an activating group) is 1. The minimum Gasteiger partial charge on any atom is -0.324 e. The van der Waals surface area contributed by atoms with Crippen molar-refractivity contribution in [2.45, 2.75) is 18.6 Å². The molecule has 6 heteroatoms. The fourth-order valence-corrected chi connectivity index (χ4v) is 2.45. The van der Waals surface area contributed by atoms with Gasteiger partial charge in [-0.15, -0.1) is 0 Å². The second-order valence-electron chi connectivity index (χ2n) is 5.29. The first kappa shape index (κ1) is 14.6. The Labute approximate surface area is 111 Å². The molecule has 1 atom stereocenters. The Balaban J connectivity index is 2.04. The molecule has 1 aliphatic carbocycles. The third-order valence-electron chi connectivity index (χ3n) is 3.66. The molecule has 0 aromatic carbocycles. The van der Waals surface area contributed by atoms with Gasteiger partial charge in [-0.2, -0.15) is 13.2 Å². The Morgan fingerprint density at radius 1 is 1.26 bits per heavy atom. The van der Waals surface area contributed by atoms with Crippen molar-refractivity contribution in [1.29, 1.82) is 0 Å². The average molecular weight is 275 g/mol. The summed E-state index contributed by atoms with van der Waals surface area (Å²) in [5, 5.41) is 0. The van der Waals surface area contributed by atoms with Gasteiger partial charge in [0.25, 0.3) is 0 Å². The van der Waals surface area contributed by atoms with Gasteiger partial charge >= 0.3 is 6.18 Å². The molecule has 1 saturated heterocycles. The predicted octanol–water partition coefficient (Wildman–Crippen LogP) is 1.38. The minimum atomic E-state index is -4.31. The van der Waals surface area contributed by atoms with Crippen LogP contribution in [0.2, 0.25) is 0 Å². The Bertz CT molecular complexity index is 379. The summed E-state index contributed by atoms with van der Waals surface area (Å²) in [4.78, 5) is 4.25. The van der Waals surface area contributed by atoms with E-state index in [2.05, 4.69) is 9.80 Å². The molecular weight excluding hydrogens is 255 g/mol. The van der Waals surface area contributed by atoms with E-state index in [1.807, 2.05) is 7.05 Å². The molecule has 0 bridgehead atoms. The molecule has 19 heavy (non-hydrogen) atoms. The maximum atomic E-state index is 13.0. The topological polar surface area (TPSA) is 32.5 Å². The third kappa shape index (κ3) is 3.81. The molecule has 1 heterocycles. The van der Waals surface area contributed by atoms with E-state index in [4.69, 9.17) is 5.73 Å². The third-order valence-corrected chi connectivity index (χ3v) is 3.66. The molecule has 108 valence electrons. The fourth-order valence-electron chi connectivity index (χ4n) is 2.45. The normalized spacial score (nSPS) is 27.1. The maximum absolute atomic E-state index is 13.0. The van der Waals surface area contributed by atoms with Crippen LogP contribution >= 0.6 is 0 Å². The quantitative estimate of drug-likeness (QED) is 0.826. The van der Waals surface area contributed by atoms with Gasteiger partial charge in [-0.05, 0) is 19.0 Å². The number of hydrogen-bond acceptors (Lipinski definition) is 3. The molecule has 2 aliphatic rings. The van der Waals surface area contributed by atoms with Gasteiger partial charge in [-0.25, -0.2) is 0 Å². The second kappa shape index (κ2) is 5.64. The Morgan fingerprint density at radius 3 is 2.47 bits per heavy atom. The summed E-state index contributed by atoms with van der Waals surface area (Å²) >= 11 is 0. The summed E-state index contributed by atoms with van der Waals surface area (Å²) in [5.74, 6) is 0. The summed E-state index contributed by atoms with van der Waals surface area (Å²) < 4.78 is 39.0. The van der Waals surface area contributed by atoms with Crippen LogP contribution in [0.5, 0.6) is 0 Å². The zero-order valence-electron chi connectivity index (χ0n) is 11.1. The lowest BCUT2D eigenvalue weighted by atomic mass is 9.94. The summed E-state index contributed by atoms with van der Waals surface area (Å²) in [6, 6.07) is -0.520. The smallest absolute Gasteiger partial charge is 0.324 e. The number of nitrogens with two attached hydrogens (primary N) is 1. The number of halogens is 3. The fraction of sp³-hybridized carbons (Fsp3) is 0.692. The number of rotatable bonds is 2. The first-order chi connectivity index (χ1) is 8.86. The summed E-state index contributed by atoms with van der Waals surface area (Å²) in [7, 11) is 2.03. The van der Waals surface area contributed by atoms with Crippen LogP contribution in [0.25, 0.3) is 0 Å². The van der Waals surface area contributed by atoms with Crippen molar-refractivity contribution in [3.05, 3.63) is 23.3 Å². The van der Waals surface area contributed by atoms with Gasteiger partial charge in [0.05, 0.1) is 5.57 Å². The van der Waals surface area contributed by atoms with Crippen molar-refractivity contribution in [3.63, 3.8) is 0 Å². The second-order valence-corrected chi connectivity index (χ2v) is 5.29. The highest BCUT2D eigenvalue weighted by atomic mass is 19.4. The molecule has 0 radical (unpaired) electrons. The van der Waals surface area contributed by atoms with Crippen LogP contribution in [0, 0.1) is 0 Å². The molecule has 2 N–H and O–H groups in total. The van der Waals surface area contributed by atoms with Crippen LogP contribution in [0.1, 0.15) is 6.42 Å². The van der Waals surface area contributed by atoms with Gasteiger partial charge in [0.1, 0.15) is 0 Å². The highest BCUT2D eigenvalue weighted by molar-refractivity contribution is 5.40. The molecule has 3 nitrogen and oxygen atoms in total. The molecule has 1 unspecified atom stereocenters. The van der Waals surface area contributed by atoms with E-state index in [-0.39, 0.29) is 0 Å². The maximum Gasteiger partial charge on any atom is 0.416 e. The lowest BCUT2D eigenvalue weighted by molar-refractivity contribution is -0.0904. The van der Waals surface area contributed by atoms with E-state index in [9.17, 15) is 13.2 Å². The average Bonchev–Trinajstić information content (AvgIpc) is 2.33. The van der Waals surface area contributed by atoms with Gasteiger partial charge in [-0.1, -0.05) is 12.2 Å². The predicted molar refractivity (Wildman–Crippen MR) is 68.8 cm³/mol. The van der Waals surface area contributed by atoms with Gasteiger partial charge in [-0.3, -0.25) is 4.90 Å². The van der Waals surface area contributed by atoms with Gasteiger partial charge in [0.2, 0.25) is 0 Å². The molecule has 1 aliphatic heterocycles. The first-order valence-electron chi connectivity index (χ1n) is 6.51. The highest BCUT2D eigenvalue weighted by Gasteiger charge is 2.37. The lowest BCUT2D eigenvalue weighted by Gasteiger charge is -2.34. The Morgan fingerprint density at radius 2 is 1.89 bits per heavy atom. The Kier molecular flexibility index (Phi) is 4.32. The summed E-state index contributed by atoms with van der Waals surface area (Å²) in [5.41, 5.74) is 5.42. The van der Waals surface area contributed by atoms with Crippen LogP contribution < -0.4 is 5.73 Å². The minimum absolute atomic E-state index is 0.367. The van der Waals surface area contributed by atoms with E-state index >= 15 is 0 Å². The number of piperazine rings is 1. The van der Waals surface area contributed by atoms with Crippen molar-refractivity contribution < 1.29 is 13.2 Å². The van der Waals surface area contributed by atoms with Crippen molar-refractivity contribution in [2.24, 2.45) is 5.73 Å². The van der Waals surface area contributed by atoms with Gasteiger partial charge in [0.15, 0.2) is 0 Å².